The van der Waals surface area contributed by atoms with E-state index in [0.717, 1.165) is 0 Å². The number of rotatable bonds is 2. The van der Waals surface area contributed by atoms with Crippen LogP contribution in [0.15, 0.2) is 0 Å². The summed E-state index contributed by atoms with van der Waals surface area (Å²) in [5.41, 5.74) is -0.769. The highest BCUT2D eigenvalue weighted by Gasteiger charge is 2.22. The van der Waals surface area contributed by atoms with E-state index >= 15 is 0 Å². The lowest BCUT2D eigenvalue weighted by molar-refractivity contribution is -0.326. The summed E-state index contributed by atoms with van der Waals surface area (Å²) in [6.07, 6.45) is 0. The van der Waals surface area contributed by atoms with Gasteiger partial charge in [-0.2, -0.15) is 0 Å². The second kappa shape index (κ2) is 3.73. The Morgan fingerprint density at radius 2 is 1.08 bits per heavy atom. The molecule has 0 aliphatic carbocycles. The lowest BCUT2D eigenvalue weighted by Crippen LogP contribution is -2.34. The Morgan fingerprint density at radius 1 is 0.833 bits per heavy atom. The number of hydrogen-bond donors (Lipinski definition) is 1. The largest absolute Gasteiger partial charge is 0.346 e. The third kappa shape index (κ3) is 7.98. The van der Waals surface area contributed by atoms with E-state index < -0.39 is 6.48 Å². The molecule has 3 nitrogen and oxygen atoms in total. The van der Waals surface area contributed by atoms with Crippen LogP contribution in [0, 0.1) is 0 Å². The fourth-order valence-corrected chi connectivity index (χ4v) is 0.629. The molecule has 0 fully saturated rings. The molecule has 0 bridgehead atoms. The molecule has 74 valence electrons. The SMILES string of the molecule is CC(C)(C)OC(O)OC(C)(C)C. The minimum absolute atomic E-state index is 0.384. The van der Waals surface area contributed by atoms with Crippen molar-refractivity contribution in [3.63, 3.8) is 0 Å². The molecular formula is C9H20O3. The molecule has 0 aliphatic rings. The van der Waals surface area contributed by atoms with E-state index in [9.17, 15) is 5.11 Å². The van der Waals surface area contributed by atoms with Gasteiger partial charge in [0.2, 0.25) is 0 Å². The van der Waals surface area contributed by atoms with Crippen molar-refractivity contribution >= 4 is 0 Å². The Balaban J connectivity index is 3.83. The molecular weight excluding hydrogens is 156 g/mol. The number of ether oxygens (including phenoxy) is 2. The van der Waals surface area contributed by atoms with Crippen LogP contribution < -0.4 is 0 Å². The van der Waals surface area contributed by atoms with Gasteiger partial charge in [-0.1, -0.05) is 0 Å². The molecule has 0 spiro atoms. The summed E-state index contributed by atoms with van der Waals surface area (Å²) in [6, 6.07) is 0. The maximum atomic E-state index is 9.28. The molecule has 12 heavy (non-hydrogen) atoms. The van der Waals surface area contributed by atoms with Crippen LogP contribution in [0.4, 0.5) is 0 Å². The van der Waals surface area contributed by atoms with E-state index in [0.29, 0.717) is 0 Å². The molecule has 0 saturated carbocycles. The maximum Gasteiger partial charge on any atom is 0.270 e. The highest BCUT2D eigenvalue weighted by atomic mass is 16.8. The topological polar surface area (TPSA) is 38.7 Å². The molecule has 0 unspecified atom stereocenters. The Morgan fingerprint density at radius 3 is 1.25 bits per heavy atom. The van der Waals surface area contributed by atoms with Gasteiger partial charge in [-0.05, 0) is 41.5 Å². The molecule has 1 N–H and O–H groups in total. The number of aliphatic hydroxyl groups is 1. The van der Waals surface area contributed by atoms with Crippen molar-refractivity contribution in [1.29, 1.82) is 0 Å². The first kappa shape index (κ1) is 11.9. The Hall–Kier alpha value is -0.120. The van der Waals surface area contributed by atoms with Gasteiger partial charge in [0.1, 0.15) is 0 Å². The molecule has 0 rings (SSSR count). The monoisotopic (exact) mass is 176 g/mol. The van der Waals surface area contributed by atoms with Crippen molar-refractivity contribution < 1.29 is 14.6 Å². The highest BCUT2D eigenvalue weighted by Crippen LogP contribution is 2.15. The second-order valence-corrected chi connectivity index (χ2v) is 4.77. The third-order valence-electron chi connectivity index (χ3n) is 0.909. The zero-order valence-electron chi connectivity index (χ0n) is 8.84. The predicted octanol–water partition coefficient (Wildman–Crippen LogP) is 1.89. The highest BCUT2D eigenvalue weighted by molar-refractivity contribution is 4.61. The molecule has 0 atom stereocenters. The van der Waals surface area contributed by atoms with Gasteiger partial charge in [-0.15, -0.1) is 0 Å². The summed E-state index contributed by atoms with van der Waals surface area (Å²) in [7, 11) is 0. The van der Waals surface area contributed by atoms with Gasteiger partial charge in [0, 0.05) is 0 Å². The molecule has 0 heterocycles. The van der Waals surface area contributed by atoms with E-state index in [2.05, 4.69) is 0 Å². The second-order valence-electron chi connectivity index (χ2n) is 4.77. The zero-order valence-corrected chi connectivity index (χ0v) is 8.84. The van der Waals surface area contributed by atoms with Crippen molar-refractivity contribution in [2.75, 3.05) is 0 Å². The smallest absolute Gasteiger partial charge is 0.270 e. The minimum atomic E-state index is -1.15. The van der Waals surface area contributed by atoms with Crippen LogP contribution in [0.1, 0.15) is 41.5 Å². The lowest BCUT2D eigenvalue weighted by atomic mass is 10.2. The number of hydrogen-bond acceptors (Lipinski definition) is 3. The van der Waals surface area contributed by atoms with Crippen LogP contribution in [0.2, 0.25) is 0 Å². The Labute approximate surface area is 74.7 Å². The summed E-state index contributed by atoms with van der Waals surface area (Å²) in [4.78, 5) is 0. The third-order valence-corrected chi connectivity index (χ3v) is 0.909. The van der Waals surface area contributed by atoms with E-state index in [1.807, 2.05) is 41.5 Å². The lowest BCUT2D eigenvalue weighted by Gasteiger charge is -2.28. The summed E-state index contributed by atoms with van der Waals surface area (Å²) >= 11 is 0. The van der Waals surface area contributed by atoms with Crippen LogP contribution in [0.25, 0.3) is 0 Å². The standard InChI is InChI=1S/C9H20O3/c1-8(2,3)11-7(10)12-9(4,5)6/h7,10H,1-6H3. The van der Waals surface area contributed by atoms with Crippen LogP contribution >= 0.6 is 0 Å². The van der Waals surface area contributed by atoms with Gasteiger partial charge in [0.05, 0.1) is 11.2 Å². The van der Waals surface area contributed by atoms with Gasteiger partial charge in [0.15, 0.2) is 0 Å². The Bertz CT molecular complexity index is 114. The van der Waals surface area contributed by atoms with Gasteiger partial charge in [0.25, 0.3) is 6.48 Å². The summed E-state index contributed by atoms with van der Waals surface area (Å²) in [6.45, 7) is 10.0. The maximum absolute atomic E-state index is 9.28. The average molecular weight is 176 g/mol. The first-order chi connectivity index (χ1) is 5.10. The van der Waals surface area contributed by atoms with Crippen LogP contribution in [0.3, 0.4) is 0 Å². The first-order valence-electron chi connectivity index (χ1n) is 4.14. The molecule has 0 aromatic carbocycles. The molecule has 0 amide bonds. The van der Waals surface area contributed by atoms with E-state index in [1.165, 1.54) is 0 Å². The molecule has 0 aromatic rings. The summed E-state index contributed by atoms with van der Waals surface area (Å²) in [5.74, 6) is 0. The van der Waals surface area contributed by atoms with Crippen molar-refractivity contribution in [2.45, 2.75) is 59.2 Å². The molecule has 3 heteroatoms. The summed E-state index contributed by atoms with van der Waals surface area (Å²) in [5, 5.41) is 9.28. The van der Waals surface area contributed by atoms with Gasteiger partial charge < -0.3 is 14.6 Å². The normalized spacial score (nSPS) is 14.0. The molecule has 0 aromatic heterocycles. The fourth-order valence-electron chi connectivity index (χ4n) is 0.629. The first-order valence-corrected chi connectivity index (χ1v) is 4.14. The van der Waals surface area contributed by atoms with E-state index in [1.54, 1.807) is 0 Å². The van der Waals surface area contributed by atoms with Crippen molar-refractivity contribution in [1.82, 2.24) is 0 Å². The van der Waals surface area contributed by atoms with Crippen molar-refractivity contribution in [3.05, 3.63) is 0 Å². The minimum Gasteiger partial charge on any atom is -0.346 e. The van der Waals surface area contributed by atoms with Crippen LogP contribution in [-0.4, -0.2) is 22.8 Å². The van der Waals surface area contributed by atoms with E-state index in [-0.39, 0.29) is 11.2 Å². The van der Waals surface area contributed by atoms with Crippen LogP contribution in [-0.2, 0) is 9.47 Å². The van der Waals surface area contributed by atoms with E-state index in [4.69, 9.17) is 9.47 Å². The van der Waals surface area contributed by atoms with Gasteiger partial charge in [-0.25, -0.2) is 0 Å². The molecule has 0 radical (unpaired) electrons. The van der Waals surface area contributed by atoms with Gasteiger partial charge in [-0.3, -0.25) is 0 Å². The molecule has 0 saturated heterocycles. The van der Waals surface area contributed by atoms with Crippen LogP contribution in [0.5, 0.6) is 0 Å². The quantitative estimate of drug-likeness (QED) is 0.653. The summed E-state index contributed by atoms with van der Waals surface area (Å²) < 4.78 is 10.3. The zero-order chi connectivity index (χ0) is 9.99. The number of aliphatic hydroxyl groups excluding tert-OH is 1. The predicted molar refractivity (Wildman–Crippen MR) is 47.7 cm³/mol. The van der Waals surface area contributed by atoms with Crippen molar-refractivity contribution in [3.8, 4) is 0 Å². The Kier molecular flexibility index (Phi) is 3.69. The van der Waals surface area contributed by atoms with Gasteiger partial charge >= 0.3 is 0 Å². The van der Waals surface area contributed by atoms with Crippen molar-refractivity contribution in [2.24, 2.45) is 0 Å². The average Bonchev–Trinajstić information content (AvgIpc) is 1.49. The molecule has 0 aliphatic heterocycles. The fraction of sp³-hybridized carbons (Fsp3) is 1.00.